The Balaban J connectivity index is 0.000000140. The van der Waals surface area contributed by atoms with Crippen molar-refractivity contribution >= 4 is 130 Å². The maximum Gasteiger partial charge on any atom is 0.416 e. The Morgan fingerprint density at radius 1 is 0.200 bits per heavy atom. The predicted molar refractivity (Wildman–Crippen MR) is 454 cm³/mol. The Bertz CT molecular complexity index is 7260. The Kier molecular flexibility index (Phi) is 15.1. The lowest BCUT2D eigenvalue weighted by Gasteiger charge is -2.18. The van der Waals surface area contributed by atoms with Gasteiger partial charge in [-0.25, -0.2) is 0 Å². The van der Waals surface area contributed by atoms with Crippen LogP contribution in [0.25, 0.3) is 219 Å². The number of halogens is 3. The van der Waals surface area contributed by atoms with E-state index in [4.69, 9.17) is 8.83 Å². The first-order valence-electron chi connectivity index (χ1n) is 37.1. The van der Waals surface area contributed by atoms with E-state index in [0.29, 0.717) is 0 Å². The Morgan fingerprint density at radius 3 is 0.745 bits per heavy atom. The zero-order chi connectivity index (χ0) is 73.1. The van der Waals surface area contributed by atoms with Crippen LogP contribution >= 0.6 is 0 Å². The van der Waals surface area contributed by atoms with Crippen LogP contribution in [0.15, 0.2) is 385 Å². The molecular formula is C104H62F3NO2. The van der Waals surface area contributed by atoms with E-state index in [0.717, 1.165) is 126 Å². The molecule has 0 spiro atoms. The molecule has 516 valence electrons. The summed E-state index contributed by atoms with van der Waals surface area (Å²) in [6.45, 7) is 0. The fourth-order valence-corrected chi connectivity index (χ4v) is 18.0. The van der Waals surface area contributed by atoms with Crippen LogP contribution in [0.3, 0.4) is 0 Å². The second-order valence-corrected chi connectivity index (χ2v) is 28.3. The van der Waals surface area contributed by atoms with Crippen LogP contribution in [0, 0.1) is 0 Å². The van der Waals surface area contributed by atoms with Gasteiger partial charge in [-0.15, -0.1) is 0 Å². The highest BCUT2D eigenvalue weighted by Crippen LogP contribution is 2.54. The van der Waals surface area contributed by atoms with Crippen LogP contribution < -0.4 is 0 Å². The number of pyridine rings is 1. The van der Waals surface area contributed by atoms with Gasteiger partial charge in [-0.05, 0) is 178 Å². The fourth-order valence-electron chi connectivity index (χ4n) is 18.0. The number of benzene rings is 19. The lowest BCUT2D eigenvalue weighted by molar-refractivity contribution is -0.137. The number of furan rings is 2. The molecule has 0 bridgehead atoms. The van der Waals surface area contributed by atoms with Crippen LogP contribution in [0.4, 0.5) is 13.2 Å². The van der Waals surface area contributed by atoms with E-state index in [9.17, 15) is 13.2 Å². The molecule has 0 atom stereocenters. The summed E-state index contributed by atoms with van der Waals surface area (Å²) < 4.78 is 54.8. The molecule has 0 amide bonds. The minimum Gasteiger partial charge on any atom is -0.455 e. The van der Waals surface area contributed by atoms with Gasteiger partial charge in [0.1, 0.15) is 22.3 Å². The van der Waals surface area contributed by atoms with E-state index in [1.54, 1.807) is 12.1 Å². The summed E-state index contributed by atoms with van der Waals surface area (Å²) in [4.78, 5) is 4.50. The highest BCUT2D eigenvalue weighted by Gasteiger charge is 2.31. The summed E-state index contributed by atoms with van der Waals surface area (Å²) in [7, 11) is 0. The summed E-state index contributed by atoms with van der Waals surface area (Å²) in [6.07, 6.45) is -0.603. The molecule has 3 nitrogen and oxygen atoms in total. The number of para-hydroxylation sites is 2. The molecule has 0 saturated heterocycles. The van der Waals surface area contributed by atoms with Gasteiger partial charge in [0.15, 0.2) is 0 Å². The standard InChI is InChI=1S/C53H31F3O.C51H31NO/c54-53(55,56)34-30-28-33(29-31-34)48-35-16-4-8-20-39(35)49(40-21-9-5-17-36(40)48)43-24-13-27-46-51(43)45-26-12-25-44(52(45)57-46)50-41-22-10-6-18-37(41)47(32-14-2-1-3-15-32)38-19-7-11-23-42(38)50;1-2-15-32(16-3-1)46-34-18-4-10-24-40(34)49(41-25-11-5-19-35(41)46)43-27-12-28-44-50-42(26-13-29-45(50)53-51(43)44)48-38-22-8-6-20-36(38)47(33-17-14-30-52-31-33)37-21-7-9-23-39(37)48/h1-31H;1-31H. The van der Waals surface area contributed by atoms with Crippen molar-refractivity contribution in [2.24, 2.45) is 0 Å². The minimum absolute atomic E-state index is 0.664. The molecule has 0 saturated carbocycles. The lowest BCUT2D eigenvalue weighted by Crippen LogP contribution is -2.04. The number of rotatable bonds is 8. The number of aromatic nitrogens is 1. The van der Waals surface area contributed by atoms with Gasteiger partial charge >= 0.3 is 6.18 Å². The van der Waals surface area contributed by atoms with E-state index in [-0.39, 0.29) is 0 Å². The van der Waals surface area contributed by atoms with E-state index < -0.39 is 11.7 Å². The highest BCUT2D eigenvalue weighted by molar-refractivity contribution is 6.31. The van der Waals surface area contributed by atoms with Crippen LogP contribution in [0.1, 0.15) is 5.56 Å². The van der Waals surface area contributed by atoms with Gasteiger partial charge in [0, 0.05) is 61.8 Å². The molecule has 19 aromatic carbocycles. The van der Waals surface area contributed by atoms with E-state index in [2.05, 4.69) is 302 Å². The maximum absolute atomic E-state index is 13.6. The molecule has 0 fully saturated rings. The molecule has 22 aromatic rings. The molecule has 22 rings (SSSR count). The van der Waals surface area contributed by atoms with Crippen molar-refractivity contribution < 1.29 is 22.0 Å². The quantitative estimate of drug-likeness (QED) is 0.142. The van der Waals surface area contributed by atoms with Crippen LogP contribution in [-0.4, -0.2) is 4.98 Å². The second kappa shape index (κ2) is 25.8. The molecule has 6 heteroatoms. The molecule has 0 N–H and O–H groups in total. The van der Waals surface area contributed by atoms with Gasteiger partial charge in [-0.2, -0.15) is 13.2 Å². The number of hydrogen-bond donors (Lipinski definition) is 0. The van der Waals surface area contributed by atoms with Gasteiger partial charge in [0.25, 0.3) is 0 Å². The van der Waals surface area contributed by atoms with Crippen molar-refractivity contribution in [3.8, 4) is 89.0 Å². The molecule has 110 heavy (non-hydrogen) atoms. The first-order valence-corrected chi connectivity index (χ1v) is 37.1. The largest absolute Gasteiger partial charge is 0.455 e. The minimum atomic E-state index is -4.41. The fraction of sp³-hybridized carbons (Fsp3) is 0.00962. The first kappa shape index (κ1) is 64.2. The summed E-state index contributed by atoms with van der Waals surface area (Å²) >= 11 is 0. The molecular weight excluding hydrogens is 1350 g/mol. The van der Waals surface area contributed by atoms with Gasteiger partial charge in [-0.3, -0.25) is 4.98 Å². The number of hydrogen-bond acceptors (Lipinski definition) is 3. The highest BCUT2D eigenvalue weighted by atomic mass is 19.4. The van der Waals surface area contributed by atoms with E-state index in [1.807, 2.05) is 54.9 Å². The van der Waals surface area contributed by atoms with Crippen molar-refractivity contribution in [2.75, 3.05) is 0 Å². The average Bonchev–Trinajstić information content (AvgIpc) is 1.42. The topological polar surface area (TPSA) is 39.2 Å². The third kappa shape index (κ3) is 10.2. The van der Waals surface area contributed by atoms with Crippen LogP contribution in [0.5, 0.6) is 0 Å². The molecule has 0 aliphatic rings. The zero-order valence-electron chi connectivity index (χ0n) is 59.2. The normalized spacial score (nSPS) is 12.0. The third-order valence-electron chi connectivity index (χ3n) is 22.4. The van der Waals surface area contributed by atoms with Crippen LogP contribution in [0.2, 0.25) is 0 Å². The summed E-state index contributed by atoms with van der Waals surface area (Å²) in [5, 5.41) is 22.6. The van der Waals surface area contributed by atoms with Gasteiger partial charge < -0.3 is 8.83 Å². The summed E-state index contributed by atoms with van der Waals surface area (Å²) in [5.74, 6) is 0. The molecule has 3 aromatic heterocycles. The SMILES string of the molecule is FC(F)(F)c1ccc(-c2c3ccccc3c(-c3cccc4oc5c(-c6c7ccccc7c(-c7ccccc7)c7ccccc67)cccc5c34)c3ccccc23)cc1.c1ccc(-c2c3ccccc3c(-c3cccc4c3oc3cccc(-c5c6ccccc6c(-c6cccnc6)c6ccccc56)c34)c3ccccc23)cc1. The molecule has 0 radical (unpaired) electrons. The van der Waals surface area contributed by atoms with Crippen molar-refractivity contribution in [3.05, 3.63) is 382 Å². The Morgan fingerprint density at radius 2 is 0.445 bits per heavy atom. The van der Waals surface area contributed by atoms with Crippen molar-refractivity contribution in [1.82, 2.24) is 4.98 Å². The number of fused-ring (bicyclic) bond motifs is 14. The molecule has 0 unspecified atom stereocenters. The number of alkyl halides is 3. The van der Waals surface area contributed by atoms with Crippen molar-refractivity contribution in [3.63, 3.8) is 0 Å². The monoisotopic (exact) mass is 1410 g/mol. The van der Waals surface area contributed by atoms with Crippen molar-refractivity contribution in [1.29, 1.82) is 0 Å². The van der Waals surface area contributed by atoms with Gasteiger partial charge in [0.2, 0.25) is 0 Å². The molecule has 0 aliphatic heterocycles. The van der Waals surface area contributed by atoms with Crippen molar-refractivity contribution in [2.45, 2.75) is 6.18 Å². The van der Waals surface area contributed by atoms with E-state index in [1.165, 1.54) is 105 Å². The maximum atomic E-state index is 13.6. The van der Waals surface area contributed by atoms with Crippen LogP contribution in [-0.2, 0) is 6.18 Å². The number of nitrogens with zero attached hydrogens (tertiary/aromatic N) is 1. The van der Waals surface area contributed by atoms with Gasteiger partial charge in [0.05, 0.1) is 5.56 Å². The zero-order valence-corrected chi connectivity index (χ0v) is 59.2. The van der Waals surface area contributed by atoms with Gasteiger partial charge in [-0.1, -0.05) is 334 Å². The predicted octanol–water partition coefficient (Wildman–Crippen LogP) is 30.1. The Labute approximate surface area is 630 Å². The first-order chi connectivity index (χ1) is 54.3. The lowest BCUT2D eigenvalue weighted by atomic mass is 9.84. The average molecular weight is 1410 g/mol. The third-order valence-corrected chi connectivity index (χ3v) is 22.4. The second-order valence-electron chi connectivity index (χ2n) is 28.3. The summed E-state index contributed by atoms with van der Waals surface area (Å²) in [5.41, 5.74) is 20.4. The summed E-state index contributed by atoms with van der Waals surface area (Å²) in [6, 6.07) is 126. The molecule has 0 aliphatic carbocycles. The Hall–Kier alpha value is -14.2. The van der Waals surface area contributed by atoms with E-state index >= 15 is 0 Å². The molecule has 3 heterocycles. The smallest absolute Gasteiger partial charge is 0.416 e.